The molecule has 136 valence electrons. The summed E-state index contributed by atoms with van der Waals surface area (Å²) in [5, 5.41) is 0. The van der Waals surface area contributed by atoms with Crippen LogP contribution in [0, 0.1) is 0 Å². The zero-order valence-corrected chi connectivity index (χ0v) is 18.5. The van der Waals surface area contributed by atoms with Crippen LogP contribution >= 0.6 is 0 Å². The third kappa shape index (κ3) is 3.28. The first kappa shape index (κ1) is 18.5. The number of rotatable bonds is 6. The molecule has 0 aromatic heterocycles. The van der Waals surface area contributed by atoms with Crippen LogP contribution in [0.5, 0.6) is 0 Å². The van der Waals surface area contributed by atoms with E-state index in [0.29, 0.717) is 7.25 Å². The van der Waals surface area contributed by atoms with Crippen LogP contribution in [0.3, 0.4) is 0 Å². The molecule has 27 heavy (non-hydrogen) atoms. The Hall–Kier alpha value is -1.85. The summed E-state index contributed by atoms with van der Waals surface area (Å²) in [4.78, 5) is 0. The standard InChI is InChI=1S/2C7H7.2C5H5.C2H4.Zr/c2*1-7-5-3-2-4-6-7;2*1-2-4-5-3-1;1-2;/h2*2-6H,1H2;2*1-5H;1H,2H3;. The molecule has 0 N–H and O–H groups in total. The fraction of sp³-hybridized carbons (Fsp3) is 0.192. The molecule has 0 unspecified atom stereocenters. The molecule has 0 fully saturated rings. The summed E-state index contributed by atoms with van der Waals surface area (Å²) in [6.07, 6.45) is 19.0. The van der Waals surface area contributed by atoms with Crippen molar-refractivity contribution >= 4 is 3.71 Å². The molecular weight excluding hydrogens is 404 g/mol. The maximum absolute atomic E-state index is 3.60. The van der Waals surface area contributed by atoms with Crippen molar-refractivity contribution in [2.45, 2.75) is 22.4 Å². The van der Waals surface area contributed by atoms with Crippen LogP contribution in [-0.4, -0.2) is 3.71 Å². The molecule has 0 nitrogen and oxygen atoms in total. The van der Waals surface area contributed by atoms with Crippen LogP contribution in [-0.2, 0) is 26.6 Å². The Morgan fingerprint density at radius 2 is 1.00 bits per heavy atom. The topological polar surface area (TPSA) is 0 Å². The van der Waals surface area contributed by atoms with Gasteiger partial charge in [0.25, 0.3) is 0 Å². The van der Waals surface area contributed by atoms with Crippen molar-refractivity contribution in [3.8, 4) is 0 Å². The second-order valence-corrected chi connectivity index (χ2v) is 24.3. The number of benzene rings is 2. The van der Waals surface area contributed by atoms with Gasteiger partial charge in [0.1, 0.15) is 0 Å². The van der Waals surface area contributed by atoms with Gasteiger partial charge in [0.15, 0.2) is 0 Å². The Morgan fingerprint density at radius 3 is 1.33 bits per heavy atom. The van der Waals surface area contributed by atoms with E-state index in [1.54, 1.807) is 0 Å². The summed E-state index contributed by atoms with van der Waals surface area (Å²) in [6, 6.07) is 22.3. The summed E-state index contributed by atoms with van der Waals surface area (Å²) in [6.45, 7) is 2.36. The Bertz CT molecular complexity index is 868. The van der Waals surface area contributed by atoms with Gasteiger partial charge in [-0.15, -0.1) is 0 Å². The van der Waals surface area contributed by atoms with Crippen molar-refractivity contribution in [2.75, 3.05) is 0 Å². The van der Waals surface area contributed by atoms with Crippen molar-refractivity contribution in [1.82, 2.24) is 0 Å². The molecule has 2 aliphatic carbocycles. The molecule has 2 aromatic carbocycles. The maximum atomic E-state index is 2.72. The normalized spacial score (nSPS) is 17.1. The molecule has 0 amide bonds. The molecule has 0 saturated carbocycles. The van der Waals surface area contributed by atoms with Gasteiger partial charge in [-0.05, 0) is 0 Å². The fourth-order valence-corrected chi connectivity index (χ4v) is 24.0. The van der Waals surface area contributed by atoms with Gasteiger partial charge in [-0.1, -0.05) is 0 Å². The van der Waals surface area contributed by atoms with Crippen LogP contribution in [0.15, 0.2) is 109 Å². The summed E-state index contributed by atoms with van der Waals surface area (Å²) in [5.41, 5.74) is 2.97. The molecule has 2 aliphatic rings. The van der Waals surface area contributed by atoms with E-state index in [9.17, 15) is 0 Å². The zero-order chi connectivity index (χ0) is 18.6. The molecule has 0 heterocycles. The van der Waals surface area contributed by atoms with Gasteiger partial charge in [-0.2, -0.15) is 0 Å². The predicted molar refractivity (Wildman–Crippen MR) is 116 cm³/mol. The average Bonchev–Trinajstić information content (AvgIpc) is 3.44. The van der Waals surface area contributed by atoms with Crippen molar-refractivity contribution < 1.29 is 18.3 Å². The van der Waals surface area contributed by atoms with Crippen molar-refractivity contribution in [3.05, 3.63) is 120 Å². The van der Waals surface area contributed by atoms with E-state index in [1.807, 2.05) is 0 Å². The Kier molecular flexibility index (Phi) is 5.24. The molecule has 0 spiro atoms. The molecule has 4 rings (SSSR count). The SMILES string of the molecule is C[CH]=[Zr]([CH2]c1ccccc1)([CH2]c1ccccc1)([CH]1C=CC=C1)[CH]1C=CC=C1. The van der Waals surface area contributed by atoms with Gasteiger partial charge in [0.2, 0.25) is 0 Å². The summed E-state index contributed by atoms with van der Waals surface area (Å²) >= 11 is -3.60. The van der Waals surface area contributed by atoms with Gasteiger partial charge in [0.05, 0.1) is 0 Å². The van der Waals surface area contributed by atoms with Gasteiger partial charge in [-0.3, -0.25) is 0 Å². The fourth-order valence-electron chi connectivity index (χ4n) is 5.39. The van der Waals surface area contributed by atoms with Gasteiger partial charge in [0, 0.05) is 0 Å². The monoisotopic (exact) mass is 430 g/mol. The van der Waals surface area contributed by atoms with Gasteiger partial charge >= 0.3 is 165 Å². The number of hydrogen-bond acceptors (Lipinski definition) is 0. The molecule has 0 atom stereocenters. The number of hydrogen-bond donors (Lipinski definition) is 0. The first-order valence-corrected chi connectivity index (χ1v) is 17.7. The second kappa shape index (κ2) is 7.65. The van der Waals surface area contributed by atoms with E-state index in [0.717, 1.165) is 0 Å². The van der Waals surface area contributed by atoms with E-state index < -0.39 is 18.3 Å². The van der Waals surface area contributed by atoms with Crippen LogP contribution in [0.4, 0.5) is 0 Å². The van der Waals surface area contributed by atoms with Gasteiger partial charge in [-0.25, -0.2) is 0 Å². The summed E-state index contributed by atoms with van der Waals surface area (Å²) < 4.78 is 6.28. The first-order chi connectivity index (χ1) is 13.3. The van der Waals surface area contributed by atoms with Crippen LogP contribution in [0.1, 0.15) is 18.1 Å². The predicted octanol–water partition coefficient (Wildman–Crippen LogP) is 6.73. The molecule has 2 aromatic rings. The average molecular weight is 432 g/mol. The van der Waals surface area contributed by atoms with E-state index in [-0.39, 0.29) is 0 Å². The van der Waals surface area contributed by atoms with Crippen LogP contribution in [0.2, 0.25) is 7.25 Å². The van der Waals surface area contributed by atoms with E-state index in [1.165, 1.54) is 19.4 Å². The Labute approximate surface area is 164 Å². The summed E-state index contributed by atoms with van der Waals surface area (Å²) in [5.74, 6) is 0. The van der Waals surface area contributed by atoms with Crippen LogP contribution in [0.25, 0.3) is 0 Å². The summed E-state index contributed by atoms with van der Waals surface area (Å²) in [7, 11) is 0. The zero-order valence-electron chi connectivity index (χ0n) is 16.0. The van der Waals surface area contributed by atoms with Crippen molar-refractivity contribution in [2.24, 2.45) is 0 Å². The second-order valence-electron chi connectivity index (χ2n) is 8.18. The quantitative estimate of drug-likeness (QED) is 0.476. The van der Waals surface area contributed by atoms with Crippen LogP contribution < -0.4 is 0 Å². The molecule has 0 radical (unpaired) electrons. The third-order valence-corrected chi connectivity index (χ3v) is 27.1. The molecule has 0 bridgehead atoms. The minimum atomic E-state index is -3.60. The number of allylic oxidation sites excluding steroid dienone is 8. The minimum absolute atomic E-state index is 0.564. The molecule has 1 heteroatoms. The molecule has 0 saturated heterocycles. The Morgan fingerprint density at radius 1 is 0.630 bits per heavy atom. The Balaban J connectivity index is 1.96. The molecule has 0 aliphatic heterocycles. The van der Waals surface area contributed by atoms with E-state index in [4.69, 9.17) is 0 Å². The van der Waals surface area contributed by atoms with Crippen molar-refractivity contribution in [1.29, 1.82) is 0 Å². The van der Waals surface area contributed by atoms with Gasteiger partial charge < -0.3 is 0 Å². The molecular formula is C26H28Zr. The van der Waals surface area contributed by atoms with E-state index >= 15 is 0 Å². The first-order valence-electron chi connectivity index (χ1n) is 10.0. The third-order valence-electron chi connectivity index (χ3n) is 6.91. The van der Waals surface area contributed by atoms with E-state index in [2.05, 4.69) is 120 Å². The van der Waals surface area contributed by atoms with Crippen molar-refractivity contribution in [3.63, 3.8) is 0 Å².